The van der Waals surface area contributed by atoms with Gasteiger partial charge in [-0.05, 0) is 43.3 Å². The number of aromatic nitrogens is 3. The molecule has 1 heterocycles. The van der Waals surface area contributed by atoms with E-state index >= 15 is 0 Å². The number of ether oxygens (including phenoxy) is 1. The molecular formula is C26H34F3N7O3. The van der Waals surface area contributed by atoms with Crippen LogP contribution in [0.25, 0.3) is 0 Å². The van der Waals surface area contributed by atoms with Crippen LogP contribution < -0.4 is 20.7 Å². The Kier molecular flexibility index (Phi) is 9.76. The number of rotatable bonds is 13. The molecule has 212 valence electrons. The fourth-order valence-corrected chi connectivity index (χ4v) is 3.87. The summed E-state index contributed by atoms with van der Waals surface area (Å²) in [4.78, 5) is 14.2. The molecule has 0 bridgehead atoms. The van der Waals surface area contributed by atoms with E-state index in [0.29, 0.717) is 17.8 Å². The Bertz CT molecular complexity index is 1220. The highest BCUT2D eigenvalue weighted by atomic mass is 19.4. The van der Waals surface area contributed by atoms with E-state index in [4.69, 9.17) is 4.74 Å². The lowest BCUT2D eigenvalue weighted by atomic mass is 9.93. The van der Waals surface area contributed by atoms with Crippen molar-refractivity contribution in [3.63, 3.8) is 0 Å². The van der Waals surface area contributed by atoms with Crippen LogP contribution in [0.4, 0.5) is 30.8 Å². The number of alkyl halides is 3. The second kappa shape index (κ2) is 12.8. The standard InChI is InChI=1S/C26H34F3N7O3/c1-25(2,15-36(3)4)14-30-13-18-7-8-19(11-21(18)38)32-23-33-22(31-12-17-5-9-20(37)10-6-17)34-24(35-23)39-16-26(27,28)29/h5-11,30,37-38H,12-16H2,1-4H3,(H2,31,32,33,34,35). The lowest BCUT2D eigenvalue weighted by Gasteiger charge is -2.28. The minimum Gasteiger partial charge on any atom is -0.508 e. The number of hydrogen-bond donors (Lipinski definition) is 5. The van der Waals surface area contributed by atoms with E-state index in [-0.39, 0.29) is 35.4 Å². The molecule has 0 atom stereocenters. The van der Waals surface area contributed by atoms with Gasteiger partial charge in [0, 0.05) is 43.5 Å². The second-order valence-corrected chi connectivity index (χ2v) is 10.2. The molecule has 13 heteroatoms. The fraction of sp³-hybridized carbons (Fsp3) is 0.423. The van der Waals surface area contributed by atoms with Crippen molar-refractivity contribution in [3.8, 4) is 17.5 Å². The zero-order chi connectivity index (χ0) is 28.6. The summed E-state index contributed by atoms with van der Waals surface area (Å²) in [6.45, 7) is 5.08. The number of nitrogens with one attached hydrogen (secondary N) is 3. The molecule has 0 amide bonds. The number of benzene rings is 2. The van der Waals surface area contributed by atoms with E-state index < -0.39 is 18.8 Å². The predicted molar refractivity (Wildman–Crippen MR) is 142 cm³/mol. The normalized spacial score (nSPS) is 12.0. The molecule has 3 aromatic rings. The van der Waals surface area contributed by atoms with Crippen molar-refractivity contribution in [2.75, 3.05) is 44.4 Å². The Morgan fingerprint density at radius 2 is 1.62 bits per heavy atom. The van der Waals surface area contributed by atoms with Crippen molar-refractivity contribution in [2.24, 2.45) is 5.41 Å². The maximum Gasteiger partial charge on any atom is 0.422 e. The molecule has 0 unspecified atom stereocenters. The van der Waals surface area contributed by atoms with Crippen LogP contribution in [-0.4, -0.2) is 70.0 Å². The first-order valence-electron chi connectivity index (χ1n) is 12.2. The molecule has 0 saturated carbocycles. The zero-order valence-corrected chi connectivity index (χ0v) is 22.3. The number of phenolic OH excluding ortho intramolecular Hbond substituents is 2. The average Bonchev–Trinajstić information content (AvgIpc) is 2.82. The summed E-state index contributed by atoms with van der Waals surface area (Å²) in [7, 11) is 4.04. The molecule has 0 fully saturated rings. The van der Waals surface area contributed by atoms with Crippen LogP contribution in [0.15, 0.2) is 42.5 Å². The van der Waals surface area contributed by atoms with Crippen molar-refractivity contribution in [2.45, 2.75) is 33.1 Å². The quantitative estimate of drug-likeness (QED) is 0.211. The first kappa shape index (κ1) is 29.7. The van der Waals surface area contributed by atoms with Crippen LogP contribution in [0.2, 0.25) is 0 Å². The second-order valence-electron chi connectivity index (χ2n) is 10.2. The fourth-order valence-electron chi connectivity index (χ4n) is 3.87. The van der Waals surface area contributed by atoms with Crippen molar-refractivity contribution < 1.29 is 28.1 Å². The van der Waals surface area contributed by atoms with Crippen molar-refractivity contribution >= 4 is 17.6 Å². The summed E-state index contributed by atoms with van der Waals surface area (Å²) in [5.41, 5.74) is 1.92. The summed E-state index contributed by atoms with van der Waals surface area (Å²) >= 11 is 0. The average molecular weight is 550 g/mol. The van der Waals surface area contributed by atoms with Crippen LogP contribution in [0.3, 0.4) is 0 Å². The molecular weight excluding hydrogens is 515 g/mol. The molecule has 0 saturated heterocycles. The molecule has 1 aromatic heterocycles. The molecule has 0 spiro atoms. The first-order valence-corrected chi connectivity index (χ1v) is 12.2. The SMILES string of the molecule is CN(C)CC(C)(C)CNCc1ccc(Nc2nc(NCc3ccc(O)cc3)nc(OCC(F)(F)F)n2)cc1O. The number of aromatic hydroxyl groups is 2. The monoisotopic (exact) mass is 549 g/mol. The molecule has 0 aliphatic carbocycles. The molecule has 3 rings (SSSR count). The van der Waals surface area contributed by atoms with E-state index in [1.165, 1.54) is 18.2 Å². The molecule has 0 aliphatic heterocycles. The van der Waals surface area contributed by atoms with Crippen LogP contribution in [0.5, 0.6) is 17.5 Å². The van der Waals surface area contributed by atoms with E-state index in [1.54, 1.807) is 24.3 Å². The molecule has 2 aromatic carbocycles. The van der Waals surface area contributed by atoms with Crippen molar-refractivity contribution in [3.05, 3.63) is 53.6 Å². The third-order valence-corrected chi connectivity index (χ3v) is 5.37. The number of hydrogen-bond acceptors (Lipinski definition) is 10. The molecule has 10 nitrogen and oxygen atoms in total. The number of anilines is 3. The minimum absolute atomic E-state index is 0.0249. The maximum absolute atomic E-state index is 12.7. The molecule has 5 N–H and O–H groups in total. The maximum atomic E-state index is 12.7. The van der Waals surface area contributed by atoms with Gasteiger partial charge in [0.15, 0.2) is 6.61 Å². The van der Waals surface area contributed by atoms with E-state index in [9.17, 15) is 23.4 Å². The Morgan fingerprint density at radius 1 is 0.923 bits per heavy atom. The lowest BCUT2D eigenvalue weighted by molar-refractivity contribution is -0.154. The van der Waals surface area contributed by atoms with Gasteiger partial charge in [0.2, 0.25) is 11.9 Å². The van der Waals surface area contributed by atoms with Gasteiger partial charge in [-0.15, -0.1) is 0 Å². The predicted octanol–water partition coefficient (Wildman–Crippen LogP) is 4.26. The largest absolute Gasteiger partial charge is 0.508 e. The summed E-state index contributed by atoms with van der Waals surface area (Å²) in [6.07, 6.45) is -4.57. The highest BCUT2D eigenvalue weighted by molar-refractivity contribution is 5.58. The van der Waals surface area contributed by atoms with Gasteiger partial charge in [0.25, 0.3) is 0 Å². The third-order valence-electron chi connectivity index (χ3n) is 5.37. The highest BCUT2D eigenvalue weighted by Gasteiger charge is 2.29. The van der Waals surface area contributed by atoms with Crippen LogP contribution in [0.1, 0.15) is 25.0 Å². The molecule has 0 aliphatic rings. The third kappa shape index (κ3) is 10.4. The Hall–Kier alpha value is -3.84. The first-order chi connectivity index (χ1) is 18.3. The zero-order valence-electron chi connectivity index (χ0n) is 22.3. The Morgan fingerprint density at radius 3 is 2.26 bits per heavy atom. The number of halogens is 3. The van der Waals surface area contributed by atoms with E-state index in [2.05, 4.69) is 49.6 Å². The smallest absolute Gasteiger partial charge is 0.422 e. The van der Waals surface area contributed by atoms with Gasteiger partial charge < -0.3 is 35.8 Å². The van der Waals surface area contributed by atoms with Crippen LogP contribution >= 0.6 is 0 Å². The number of phenols is 2. The van der Waals surface area contributed by atoms with E-state index in [1.807, 2.05) is 14.1 Å². The van der Waals surface area contributed by atoms with Crippen molar-refractivity contribution in [1.29, 1.82) is 0 Å². The van der Waals surface area contributed by atoms with Gasteiger partial charge in [-0.25, -0.2) is 0 Å². The van der Waals surface area contributed by atoms with Gasteiger partial charge in [-0.2, -0.15) is 28.1 Å². The van der Waals surface area contributed by atoms with Gasteiger partial charge >= 0.3 is 12.2 Å². The summed E-state index contributed by atoms with van der Waals surface area (Å²) in [5.74, 6) is 0.0341. The molecule has 39 heavy (non-hydrogen) atoms. The summed E-state index contributed by atoms with van der Waals surface area (Å²) in [5, 5.41) is 29.1. The van der Waals surface area contributed by atoms with E-state index in [0.717, 1.165) is 18.7 Å². The minimum atomic E-state index is -4.57. The highest BCUT2D eigenvalue weighted by Crippen LogP contribution is 2.26. The van der Waals surface area contributed by atoms with Crippen molar-refractivity contribution in [1.82, 2.24) is 25.2 Å². The van der Waals surface area contributed by atoms with Gasteiger partial charge in [-0.3, -0.25) is 0 Å². The number of nitrogens with zero attached hydrogens (tertiary/aromatic N) is 4. The lowest BCUT2D eigenvalue weighted by Crippen LogP contribution is -2.37. The van der Waals surface area contributed by atoms with Gasteiger partial charge in [0.1, 0.15) is 11.5 Å². The van der Waals surface area contributed by atoms with Crippen LogP contribution in [0, 0.1) is 5.41 Å². The molecule has 0 radical (unpaired) electrons. The van der Waals surface area contributed by atoms with Gasteiger partial charge in [-0.1, -0.05) is 32.0 Å². The van der Waals surface area contributed by atoms with Gasteiger partial charge in [0.05, 0.1) is 0 Å². The summed E-state index contributed by atoms with van der Waals surface area (Å²) in [6, 6.07) is 10.7. The summed E-state index contributed by atoms with van der Waals surface area (Å²) < 4.78 is 42.8. The van der Waals surface area contributed by atoms with Crippen LogP contribution in [-0.2, 0) is 13.1 Å². The Balaban J connectivity index is 1.70. The topological polar surface area (TPSA) is 128 Å². The Labute approximate surface area is 225 Å².